The second kappa shape index (κ2) is 8.86. The van der Waals surface area contributed by atoms with Gasteiger partial charge >= 0.3 is 24.8 Å². The predicted molar refractivity (Wildman–Crippen MR) is 97.9 cm³/mol. The second-order valence-electron chi connectivity index (χ2n) is 5.58. The summed E-state index contributed by atoms with van der Waals surface area (Å²) >= 11 is 0. The van der Waals surface area contributed by atoms with E-state index >= 15 is 0 Å². The first kappa shape index (κ1) is 21.4. The number of ether oxygens (including phenoxy) is 1. The Hall–Kier alpha value is -2.89. The van der Waals surface area contributed by atoms with Gasteiger partial charge in [-0.05, 0) is 36.8 Å². The van der Waals surface area contributed by atoms with Gasteiger partial charge < -0.3 is 10.5 Å². The monoisotopic (exact) mass is 382 g/mol. The van der Waals surface area contributed by atoms with Crippen LogP contribution in [0.15, 0.2) is 42.9 Å². The molecule has 3 aromatic rings. The fourth-order valence-corrected chi connectivity index (χ4v) is 2.48. The van der Waals surface area contributed by atoms with E-state index in [1.165, 1.54) is 31.3 Å². The summed E-state index contributed by atoms with van der Waals surface area (Å²) in [4.78, 5) is 23.4. The average molecular weight is 382 g/mol. The SMILES string of the molecule is Cc1cc(-c2c(F)cc(N)cc2OC(=O)c2ccncn2)cc(C(F)F)n1.[LiH]. The van der Waals surface area contributed by atoms with Crippen molar-refractivity contribution in [2.75, 3.05) is 5.73 Å². The Morgan fingerprint density at radius 2 is 1.96 bits per heavy atom. The summed E-state index contributed by atoms with van der Waals surface area (Å²) < 4.78 is 46.0. The van der Waals surface area contributed by atoms with E-state index in [9.17, 15) is 18.0 Å². The van der Waals surface area contributed by atoms with E-state index in [1.54, 1.807) is 0 Å². The number of aromatic nitrogens is 3. The number of aryl methyl sites for hydroxylation is 1. The number of nitrogens with two attached hydrogens (primary N) is 1. The number of nitrogen functional groups attached to an aromatic ring is 1. The van der Waals surface area contributed by atoms with Crippen LogP contribution < -0.4 is 10.5 Å². The number of benzene rings is 1. The number of pyridine rings is 1. The Labute approximate surface area is 170 Å². The van der Waals surface area contributed by atoms with Crippen molar-refractivity contribution in [1.29, 1.82) is 0 Å². The van der Waals surface area contributed by atoms with Crippen LogP contribution in [0.5, 0.6) is 5.75 Å². The van der Waals surface area contributed by atoms with Crippen molar-refractivity contribution in [3.63, 3.8) is 0 Å². The molecule has 28 heavy (non-hydrogen) atoms. The van der Waals surface area contributed by atoms with Gasteiger partial charge in [-0.15, -0.1) is 0 Å². The van der Waals surface area contributed by atoms with Gasteiger partial charge in [-0.2, -0.15) is 0 Å². The van der Waals surface area contributed by atoms with Crippen LogP contribution in [0.3, 0.4) is 0 Å². The van der Waals surface area contributed by atoms with Crippen molar-refractivity contribution < 1.29 is 22.7 Å². The van der Waals surface area contributed by atoms with Crippen molar-refractivity contribution in [3.05, 3.63) is 65.8 Å². The number of nitrogens with zero attached hydrogens (tertiary/aromatic N) is 3. The molecule has 0 bridgehead atoms. The zero-order valence-electron chi connectivity index (χ0n) is 14.0. The summed E-state index contributed by atoms with van der Waals surface area (Å²) in [6.07, 6.45) is -0.350. The molecule has 0 unspecified atom stereocenters. The number of rotatable bonds is 4. The van der Waals surface area contributed by atoms with Gasteiger partial charge in [0.05, 0.1) is 5.56 Å². The molecule has 2 N–H and O–H groups in total. The van der Waals surface area contributed by atoms with Crippen molar-refractivity contribution in [2.45, 2.75) is 13.3 Å². The minimum atomic E-state index is -2.84. The fourth-order valence-electron chi connectivity index (χ4n) is 2.48. The minimum absolute atomic E-state index is 0. The zero-order valence-corrected chi connectivity index (χ0v) is 14.0. The van der Waals surface area contributed by atoms with E-state index in [0.717, 1.165) is 18.5 Å². The third kappa shape index (κ3) is 4.68. The molecule has 0 spiro atoms. The summed E-state index contributed by atoms with van der Waals surface area (Å²) in [5.74, 6) is -1.92. The summed E-state index contributed by atoms with van der Waals surface area (Å²) in [6.45, 7) is 1.50. The van der Waals surface area contributed by atoms with Gasteiger partial charge in [-0.1, -0.05) is 0 Å². The number of halogens is 3. The van der Waals surface area contributed by atoms with Gasteiger partial charge in [0.15, 0.2) is 5.69 Å². The molecule has 0 radical (unpaired) electrons. The van der Waals surface area contributed by atoms with E-state index in [-0.39, 0.29) is 52.8 Å². The molecule has 0 aliphatic carbocycles. The summed E-state index contributed by atoms with van der Waals surface area (Å²) in [7, 11) is 0. The molecule has 6 nitrogen and oxygen atoms in total. The standard InChI is InChI=1S/C18H13F3N4O2.Li.H/c1-9-4-10(5-14(25-9)17(20)21)16-12(19)6-11(22)7-15(16)27-18(26)13-2-3-23-8-24-13;;/h2-8,17H,22H2,1H3;;. The van der Waals surface area contributed by atoms with Crippen LogP contribution in [-0.2, 0) is 0 Å². The van der Waals surface area contributed by atoms with Crippen LogP contribution in [0.2, 0.25) is 0 Å². The summed E-state index contributed by atoms with van der Waals surface area (Å²) in [5.41, 5.74) is 5.22. The maximum absolute atomic E-state index is 14.6. The molecule has 10 heteroatoms. The van der Waals surface area contributed by atoms with Gasteiger partial charge in [0.2, 0.25) is 0 Å². The van der Waals surface area contributed by atoms with Crippen LogP contribution in [0.1, 0.15) is 28.3 Å². The molecular weight excluding hydrogens is 368 g/mol. The first-order chi connectivity index (χ1) is 12.8. The van der Waals surface area contributed by atoms with Gasteiger partial charge in [0, 0.05) is 23.6 Å². The quantitative estimate of drug-likeness (QED) is 0.323. The van der Waals surface area contributed by atoms with E-state index in [2.05, 4.69) is 15.0 Å². The third-order valence-electron chi connectivity index (χ3n) is 3.56. The van der Waals surface area contributed by atoms with Crippen LogP contribution in [-0.4, -0.2) is 39.8 Å². The molecule has 0 atom stereocenters. The molecular formula is C18H14F3LiN4O2. The van der Waals surface area contributed by atoms with Crippen LogP contribution in [0, 0.1) is 12.7 Å². The van der Waals surface area contributed by atoms with Crippen LogP contribution in [0.25, 0.3) is 11.1 Å². The Morgan fingerprint density at radius 1 is 1.21 bits per heavy atom. The number of hydrogen-bond acceptors (Lipinski definition) is 6. The van der Waals surface area contributed by atoms with E-state index in [4.69, 9.17) is 10.5 Å². The van der Waals surface area contributed by atoms with E-state index in [0.29, 0.717) is 0 Å². The summed E-state index contributed by atoms with van der Waals surface area (Å²) in [6, 6.07) is 6.00. The molecule has 140 valence electrons. The third-order valence-corrected chi connectivity index (χ3v) is 3.56. The van der Waals surface area contributed by atoms with E-state index in [1.807, 2.05) is 0 Å². The number of esters is 1. The average Bonchev–Trinajstić information content (AvgIpc) is 2.61. The molecule has 0 fully saturated rings. The Bertz CT molecular complexity index is 1000. The number of anilines is 1. The number of carbonyl (C=O) groups excluding carboxylic acids is 1. The molecule has 0 aliphatic rings. The van der Waals surface area contributed by atoms with Crippen molar-refractivity contribution >= 4 is 30.5 Å². The maximum atomic E-state index is 14.6. The van der Waals surface area contributed by atoms with Crippen LogP contribution in [0.4, 0.5) is 18.9 Å². The molecule has 1 aromatic carbocycles. The first-order valence-corrected chi connectivity index (χ1v) is 7.69. The first-order valence-electron chi connectivity index (χ1n) is 7.69. The Balaban J connectivity index is 0.00000280. The van der Waals surface area contributed by atoms with Crippen molar-refractivity contribution in [3.8, 4) is 16.9 Å². The topological polar surface area (TPSA) is 91.0 Å². The second-order valence-corrected chi connectivity index (χ2v) is 5.58. The molecule has 0 saturated heterocycles. The summed E-state index contributed by atoms with van der Waals surface area (Å²) in [5, 5.41) is 0. The molecule has 0 saturated carbocycles. The Kier molecular flexibility index (Phi) is 6.78. The molecule has 2 heterocycles. The fraction of sp³-hybridized carbons (Fsp3) is 0.111. The molecule has 2 aromatic heterocycles. The zero-order chi connectivity index (χ0) is 19.6. The van der Waals surface area contributed by atoms with Crippen LogP contribution >= 0.6 is 0 Å². The normalized spacial score (nSPS) is 10.5. The van der Waals surface area contributed by atoms with Gasteiger partial charge in [0.1, 0.15) is 23.6 Å². The van der Waals surface area contributed by atoms with Gasteiger partial charge in [0.25, 0.3) is 6.43 Å². The molecule has 3 rings (SSSR count). The van der Waals surface area contributed by atoms with Gasteiger partial charge in [-0.25, -0.2) is 27.9 Å². The van der Waals surface area contributed by atoms with Gasteiger partial charge in [-0.3, -0.25) is 4.98 Å². The van der Waals surface area contributed by atoms with Crippen molar-refractivity contribution in [2.24, 2.45) is 0 Å². The van der Waals surface area contributed by atoms with E-state index < -0.39 is 23.9 Å². The number of alkyl halides is 2. The van der Waals surface area contributed by atoms with Crippen molar-refractivity contribution in [1.82, 2.24) is 15.0 Å². The number of carbonyl (C=O) groups is 1. The molecule has 0 aliphatic heterocycles. The Morgan fingerprint density at radius 3 is 2.61 bits per heavy atom. The molecule has 0 amide bonds. The predicted octanol–water partition coefficient (Wildman–Crippen LogP) is 3.08. The number of hydrogen-bond donors (Lipinski definition) is 1.